The number of carbonyl (C=O) groups excluding carboxylic acids is 1. The Labute approximate surface area is 112 Å². The Bertz CT molecular complexity index is 598. The number of hydrogen-bond acceptors (Lipinski definition) is 3. The van der Waals surface area contributed by atoms with Gasteiger partial charge in [-0.2, -0.15) is 0 Å². The van der Waals surface area contributed by atoms with Crippen LogP contribution in [-0.4, -0.2) is 53.9 Å². The van der Waals surface area contributed by atoms with Gasteiger partial charge in [0.25, 0.3) is 5.91 Å². The zero-order valence-corrected chi connectivity index (χ0v) is 11.0. The molecule has 0 unspecified atom stereocenters. The number of piperazine rings is 1. The molecule has 0 bridgehead atoms. The second kappa shape index (κ2) is 4.97. The van der Waals surface area contributed by atoms with Crippen molar-refractivity contribution in [3.8, 4) is 0 Å². The molecule has 0 atom stereocenters. The van der Waals surface area contributed by atoms with Crippen molar-refractivity contribution < 1.29 is 4.79 Å². The largest absolute Gasteiger partial charge is 0.336 e. The minimum Gasteiger partial charge on any atom is -0.336 e. The minimum atomic E-state index is 0.117. The van der Waals surface area contributed by atoms with Gasteiger partial charge < -0.3 is 9.80 Å². The van der Waals surface area contributed by atoms with Crippen molar-refractivity contribution in [2.24, 2.45) is 0 Å². The Hall–Kier alpha value is -1.94. The number of likely N-dealkylation sites (N-methyl/N-ethyl adjacent to an activating group) is 1. The zero-order chi connectivity index (χ0) is 13.2. The fraction of sp³-hybridized carbons (Fsp3) is 0.333. The van der Waals surface area contributed by atoms with Gasteiger partial charge in [0.2, 0.25) is 0 Å². The van der Waals surface area contributed by atoms with E-state index in [-0.39, 0.29) is 5.91 Å². The van der Waals surface area contributed by atoms with Crippen LogP contribution in [0.15, 0.2) is 36.5 Å². The Morgan fingerprint density at radius 2 is 1.89 bits per heavy atom. The van der Waals surface area contributed by atoms with E-state index in [4.69, 9.17) is 0 Å². The highest BCUT2D eigenvalue weighted by Crippen LogP contribution is 2.18. The van der Waals surface area contributed by atoms with E-state index in [1.165, 1.54) is 0 Å². The van der Waals surface area contributed by atoms with Crippen molar-refractivity contribution in [1.82, 2.24) is 14.8 Å². The van der Waals surface area contributed by atoms with Crippen molar-refractivity contribution in [2.75, 3.05) is 33.2 Å². The molecule has 1 fully saturated rings. The zero-order valence-electron chi connectivity index (χ0n) is 11.0. The molecule has 1 aliphatic rings. The van der Waals surface area contributed by atoms with Gasteiger partial charge in [-0.05, 0) is 25.2 Å². The second-order valence-corrected chi connectivity index (χ2v) is 4.97. The molecule has 0 saturated carbocycles. The van der Waals surface area contributed by atoms with Crippen LogP contribution in [0.1, 0.15) is 10.4 Å². The first kappa shape index (κ1) is 12.1. The normalized spacial score (nSPS) is 16.8. The molecule has 1 amide bonds. The lowest BCUT2D eigenvalue weighted by molar-refractivity contribution is 0.0666. The lowest BCUT2D eigenvalue weighted by Gasteiger charge is -2.32. The van der Waals surface area contributed by atoms with Crippen LogP contribution in [0.5, 0.6) is 0 Å². The maximum atomic E-state index is 12.6. The maximum absolute atomic E-state index is 12.6. The molecule has 19 heavy (non-hydrogen) atoms. The molecule has 1 aliphatic heterocycles. The number of carbonyl (C=O) groups is 1. The van der Waals surface area contributed by atoms with Gasteiger partial charge in [0.15, 0.2) is 0 Å². The van der Waals surface area contributed by atoms with Crippen LogP contribution in [0, 0.1) is 0 Å². The standard InChI is InChI=1S/C15H17N3O/c1-17-8-10-18(11-9-17)15(19)13-4-2-6-14-12(13)5-3-7-16-14/h2-7H,8-11H2,1H3. The SMILES string of the molecule is CN1CCN(C(=O)c2cccc3ncccc23)CC1. The Kier molecular flexibility index (Phi) is 3.17. The summed E-state index contributed by atoms with van der Waals surface area (Å²) in [5, 5.41) is 0.939. The summed E-state index contributed by atoms with van der Waals surface area (Å²) < 4.78 is 0. The lowest BCUT2D eigenvalue weighted by atomic mass is 10.1. The molecule has 0 spiro atoms. The fourth-order valence-corrected chi connectivity index (χ4v) is 2.47. The van der Waals surface area contributed by atoms with E-state index in [9.17, 15) is 4.79 Å². The van der Waals surface area contributed by atoms with Gasteiger partial charge in [0, 0.05) is 43.3 Å². The number of aromatic nitrogens is 1. The summed E-state index contributed by atoms with van der Waals surface area (Å²) in [6.07, 6.45) is 1.76. The van der Waals surface area contributed by atoms with Crippen LogP contribution in [0.25, 0.3) is 10.9 Å². The number of amides is 1. The van der Waals surface area contributed by atoms with Crippen LogP contribution in [0.3, 0.4) is 0 Å². The molecule has 1 aromatic heterocycles. The van der Waals surface area contributed by atoms with Gasteiger partial charge in [-0.25, -0.2) is 0 Å². The molecule has 4 heteroatoms. The first-order chi connectivity index (χ1) is 9.25. The maximum Gasteiger partial charge on any atom is 0.254 e. The van der Waals surface area contributed by atoms with Gasteiger partial charge >= 0.3 is 0 Å². The Balaban J connectivity index is 1.93. The number of benzene rings is 1. The van der Waals surface area contributed by atoms with Crippen LogP contribution in [0.4, 0.5) is 0 Å². The number of pyridine rings is 1. The summed E-state index contributed by atoms with van der Waals surface area (Å²) in [6, 6.07) is 9.58. The van der Waals surface area contributed by atoms with E-state index in [0.29, 0.717) is 0 Å². The third-order valence-electron chi connectivity index (χ3n) is 3.67. The Morgan fingerprint density at radius 3 is 2.68 bits per heavy atom. The van der Waals surface area contributed by atoms with Gasteiger partial charge in [-0.1, -0.05) is 12.1 Å². The third kappa shape index (κ3) is 2.31. The summed E-state index contributed by atoms with van der Waals surface area (Å²) >= 11 is 0. The summed E-state index contributed by atoms with van der Waals surface area (Å²) in [6.45, 7) is 3.47. The van der Waals surface area contributed by atoms with Crippen molar-refractivity contribution >= 4 is 16.8 Å². The number of fused-ring (bicyclic) bond motifs is 1. The number of rotatable bonds is 1. The van der Waals surface area contributed by atoms with Gasteiger partial charge in [-0.3, -0.25) is 9.78 Å². The molecule has 1 saturated heterocycles. The molecule has 0 radical (unpaired) electrons. The molecular formula is C15H17N3O. The van der Waals surface area contributed by atoms with E-state index in [1.54, 1.807) is 6.20 Å². The summed E-state index contributed by atoms with van der Waals surface area (Å²) in [5.74, 6) is 0.117. The molecule has 0 N–H and O–H groups in total. The van der Waals surface area contributed by atoms with E-state index in [0.717, 1.165) is 42.6 Å². The molecule has 2 aromatic rings. The fourth-order valence-electron chi connectivity index (χ4n) is 2.47. The van der Waals surface area contributed by atoms with Crippen LogP contribution < -0.4 is 0 Å². The molecular weight excluding hydrogens is 238 g/mol. The van der Waals surface area contributed by atoms with E-state index >= 15 is 0 Å². The monoisotopic (exact) mass is 255 g/mol. The van der Waals surface area contributed by atoms with E-state index < -0.39 is 0 Å². The molecule has 1 aromatic carbocycles. The molecule has 98 valence electrons. The minimum absolute atomic E-state index is 0.117. The van der Waals surface area contributed by atoms with Crippen molar-refractivity contribution in [3.05, 3.63) is 42.1 Å². The predicted octanol–water partition coefficient (Wildman–Crippen LogP) is 1.62. The topological polar surface area (TPSA) is 36.4 Å². The van der Waals surface area contributed by atoms with Crippen LogP contribution in [-0.2, 0) is 0 Å². The highest BCUT2D eigenvalue weighted by atomic mass is 16.2. The van der Waals surface area contributed by atoms with Crippen molar-refractivity contribution in [1.29, 1.82) is 0 Å². The average molecular weight is 255 g/mol. The molecule has 2 heterocycles. The highest BCUT2D eigenvalue weighted by Gasteiger charge is 2.21. The van der Waals surface area contributed by atoms with Gasteiger partial charge in [-0.15, -0.1) is 0 Å². The molecule has 0 aliphatic carbocycles. The summed E-state index contributed by atoms with van der Waals surface area (Å²) in [7, 11) is 2.09. The predicted molar refractivity (Wildman–Crippen MR) is 75.1 cm³/mol. The smallest absolute Gasteiger partial charge is 0.254 e. The van der Waals surface area contributed by atoms with Crippen LogP contribution >= 0.6 is 0 Å². The number of nitrogens with zero attached hydrogens (tertiary/aromatic N) is 3. The number of hydrogen-bond donors (Lipinski definition) is 0. The molecule has 4 nitrogen and oxygen atoms in total. The molecule has 3 rings (SSSR count). The first-order valence-electron chi connectivity index (χ1n) is 6.57. The quantitative estimate of drug-likeness (QED) is 0.777. The second-order valence-electron chi connectivity index (χ2n) is 4.97. The lowest BCUT2D eigenvalue weighted by Crippen LogP contribution is -2.47. The highest BCUT2D eigenvalue weighted by molar-refractivity contribution is 6.06. The van der Waals surface area contributed by atoms with E-state index in [2.05, 4.69) is 16.9 Å². The van der Waals surface area contributed by atoms with Crippen molar-refractivity contribution in [2.45, 2.75) is 0 Å². The summed E-state index contributed by atoms with van der Waals surface area (Å²) in [4.78, 5) is 21.1. The third-order valence-corrected chi connectivity index (χ3v) is 3.67. The van der Waals surface area contributed by atoms with Crippen molar-refractivity contribution in [3.63, 3.8) is 0 Å². The van der Waals surface area contributed by atoms with Gasteiger partial charge in [0.05, 0.1) is 5.52 Å². The Morgan fingerprint density at radius 1 is 1.11 bits per heavy atom. The first-order valence-corrected chi connectivity index (χ1v) is 6.57. The average Bonchev–Trinajstić information content (AvgIpc) is 2.47. The van der Waals surface area contributed by atoms with E-state index in [1.807, 2.05) is 35.2 Å². The van der Waals surface area contributed by atoms with Gasteiger partial charge in [0.1, 0.15) is 0 Å². The summed E-state index contributed by atoms with van der Waals surface area (Å²) in [5.41, 5.74) is 1.64. The van der Waals surface area contributed by atoms with Crippen LogP contribution in [0.2, 0.25) is 0 Å².